The first-order valence-electron chi connectivity index (χ1n) is 9.57. The number of methoxy groups -OCH3 is 1. The number of rotatable bonds is 6. The number of hydrogen-bond acceptors (Lipinski definition) is 3. The lowest BCUT2D eigenvalue weighted by Gasteiger charge is -2.13. The van der Waals surface area contributed by atoms with Gasteiger partial charge in [0.05, 0.1) is 7.11 Å². The van der Waals surface area contributed by atoms with Gasteiger partial charge in [0, 0.05) is 11.3 Å². The fourth-order valence-electron chi connectivity index (χ4n) is 2.91. The molecule has 2 amide bonds. The van der Waals surface area contributed by atoms with Gasteiger partial charge in [-0.05, 0) is 61.4 Å². The Morgan fingerprint density at radius 3 is 2.30 bits per heavy atom. The predicted octanol–water partition coefficient (Wildman–Crippen LogP) is 4.72. The predicted molar refractivity (Wildman–Crippen MR) is 119 cm³/mol. The topological polar surface area (TPSA) is 67.4 Å². The van der Waals surface area contributed by atoms with Gasteiger partial charge in [0.15, 0.2) is 0 Å². The van der Waals surface area contributed by atoms with E-state index in [0.29, 0.717) is 17.0 Å². The van der Waals surface area contributed by atoms with E-state index in [-0.39, 0.29) is 11.6 Å². The van der Waals surface area contributed by atoms with Crippen molar-refractivity contribution in [3.8, 4) is 5.75 Å². The van der Waals surface area contributed by atoms with Crippen molar-refractivity contribution in [2.45, 2.75) is 13.8 Å². The maximum absolute atomic E-state index is 13.0. The number of para-hydroxylation sites is 1. The molecule has 3 rings (SSSR count). The molecule has 0 unspecified atom stereocenters. The quantitative estimate of drug-likeness (QED) is 0.588. The van der Waals surface area contributed by atoms with Crippen LogP contribution in [0.15, 0.2) is 78.5 Å². The largest absolute Gasteiger partial charge is 0.497 e. The van der Waals surface area contributed by atoms with Crippen LogP contribution in [-0.4, -0.2) is 18.9 Å². The second-order valence-electron chi connectivity index (χ2n) is 6.92. The molecule has 0 aliphatic heterocycles. The van der Waals surface area contributed by atoms with Crippen molar-refractivity contribution in [1.82, 2.24) is 5.32 Å². The van der Waals surface area contributed by atoms with Crippen molar-refractivity contribution in [3.05, 3.63) is 101 Å². The van der Waals surface area contributed by atoms with Crippen LogP contribution in [0.3, 0.4) is 0 Å². The molecule has 0 radical (unpaired) electrons. The van der Waals surface area contributed by atoms with Gasteiger partial charge in [-0.2, -0.15) is 0 Å². The van der Waals surface area contributed by atoms with Crippen LogP contribution >= 0.6 is 0 Å². The molecule has 2 N–H and O–H groups in total. The van der Waals surface area contributed by atoms with Gasteiger partial charge >= 0.3 is 0 Å². The monoisotopic (exact) mass is 400 g/mol. The van der Waals surface area contributed by atoms with Gasteiger partial charge in [-0.3, -0.25) is 9.59 Å². The standard InChI is InChI=1S/C25H24N2O3/c1-17-7-6-9-20(15-17)24(28)27-23(16-19-11-13-21(30-3)14-12-19)25(29)26-22-10-5-4-8-18(22)2/h4-16H,1-3H3,(H,26,29)(H,27,28)/b23-16-. The SMILES string of the molecule is COc1ccc(/C=C(\NC(=O)c2cccc(C)c2)C(=O)Nc2ccccc2C)cc1. The third kappa shape index (κ3) is 5.35. The molecule has 3 aromatic rings. The summed E-state index contributed by atoms with van der Waals surface area (Å²) in [5.74, 6) is -0.0404. The Balaban J connectivity index is 1.90. The van der Waals surface area contributed by atoms with Crippen LogP contribution < -0.4 is 15.4 Å². The summed E-state index contributed by atoms with van der Waals surface area (Å²) in [5, 5.41) is 5.63. The zero-order chi connectivity index (χ0) is 21.5. The molecular formula is C25H24N2O3. The number of carbonyl (C=O) groups is 2. The molecule has 0 atom stereocenters. The Morgan fingerprint density at radius 1 is 0.900 bits per heavy atom. The molecule has 3 aromatic carbocycles. The summed E-state index contributed by atoms with van der Waals surface area (Å²) in [6.07, 6.45) is 1.64. The lowest BCUT2D eigenvalue weighted by molar-refractivity contribution is -0.113. The zero-order valence-electron chi connectivity index (χ0n) is 17.2. The van der Waals surface area contributed by atoms with Gasteiger partial charge in [0.25, 0.3) is 11.8 Å². The van der Waals surface area contributed by atoms with Crippen molar-refractivity contribution in [2.75, 3.05) is 12.4 Å². The van der Waals surface area contributed by atoms with Gasteiger partial charge in [0.2, 0.25) is 0 Å². The summed E-state index contributed by atoms with van der Waals surface area (Å²) in [6.45, 7) is 3.82. The molecular weight excluding hydrogens is 376 g/mol. The Hall–Kier alpha value is -3.86. The highest BCUT2D eigenvalue weighted by Crippen LogP contribution is 2.17. The fourth-order valence-corrected chi connectivity index (χ4v) is 2.91. The third-order valence-corrected chi connectivity index (χ3v) is 4.59. The molecule has 5 heteroatoms. The van der Waals surface area contributed by atoms with E-state index >= 15 is 0 Å². The summed E-state index contributed by atoms with van der Waals surface area (Å²) in [5.41, 5.74) is 3.98. The van der Waals surface area contributed by atoms with Crippen LogP contribution in [0, 0.1) is 13.8 Å². The van der Waals surface area contributed by atoms with E-state index in [9.17, 15) is 9.59 Å². The number of hydrogen-bond donors (Lipinski definition) is 2. The summed E-state index contributed by atoms with van der Waals surface area (Å²) in [4.78, 5) is 25.8. The first-order chi connectivity index (χ1) is 14.5. The van der Waals surface area contributed by atoms with Gasteiger partial charge in [0.1, 0.15) is 11.4 Å². The van der Waals surface area contributed by atoms with Crippen molar-refractivity contribution in [2.24, 2.45) is 0 Å². The summed E-state index contributed by atoms with van der Waals surface area (Å²) in [6, 6.07) is 21.9. The van der Waals surface area contributed by atoms with Crippen molar-refractivity contribution >= 4 is 23.6 Å². The lowest BCUT2D eigenvalue weighted by atomic mass is 10.1. The highest BCUT2D eigenvalue weighted by Gasteiger charge is 2.16. The van der Waals surface area contributed by atoms with E-state index < -0.39 is 5.91 Å². The molecule has 0 aliphatic carbocycles. The molecule has 0 aliphatic rings. The second-order valence-corrected chi connectivity index (χ2v) is 6.92. The van der Waals surface area contributed by atoms with Gasteiger partial charge in [-0.15, -0.1) is 0 Å². The molecule has 0 fully saturated rings. The van der Waals surface area contributed by atoms with E-state index in [2.05, 4.69) is 10.6 Å². The van der Waals surface area contributed by atoms with Gasteiger partial charge in [-0.1, -0.05) is 48.0 Å². The average Bonchev–Trinajstić information content (AvgIpc) is 2.75. The Bertz CT molecular complexity index is 1090. The van der Waals surface area contributed by atoms with Crippen molar-refractivity contribution in [3.63, 3.8) is 0 Å². The Morgan fingerprint density at radius 2 is 1.63 bits per heavy atom. The Labute approximate surface area is 176 Å². The molecule has 0 saturated carbocycles. The third-order valence-electron chi connectivity index (χ3n) is 4.59. The molecule has 0 bridgehead atoms. The molecule has 0 heterocycles. The number of ether oxygens (including phenoxy) is 1. The van der Waals surface area contributed by atoms with Crippen LogP contribution in [0.4, 0.5) is 5.69 Å². The zero-order valence-corrected chi connectivity index (χ0v) is 17.2. The minimum absolute atomic E-state index is 0.148. The average molecular weight is 400 g/mol. The number of benzene rings is 3. The maximum atomic E-state index is 13.0. The van der Waals surface area contributed by atoms with Crippen molar-refractivity contribution < 1.29 is 14.3 Å². The molecule has 0 spiro atoms. The minimum atomic E-state index is -0.402. The number of amides is 2. The molecule has 0 saturated heterocycles. The fraction of sp³-hybridized carbons (Fsp3) is 0.120. The molecule has 5 nitrogen and oxygen atoms in total. The smallest absolute Gasteiger partial charge is 0.272 e. The second kappa shape index (κ2) is 9.56. The normalized spacial score (nSPS) is 11.0. The van der Waals surface area contributed by atoms with E-state index in [1.165, 1.54) is 0 Å². The number of aryl methyl sites for hydroxylation is 2. The lowest BCUT2D eigenvalue weighted by Crippen LogP contribution is -2.31. The summed E-state index contributed by atoms with van der Waals surface area (Å²) >= 11 is 0. The van der Waals surface area contributed by atoms with E-state index in [4.69, 9.17) is 4.74 Å². The highest BCUT2D eigenvalue weighted by molar-refractivity contribution is 6.10. The van der Waals surface area contributed by atoms with Gasteiger partial charge < -0.3 is 15.4 Å². The van der Waals surface area contributed by atoms with Crippen LogP contribution in [0.1, 0.15) is 27.0 Å². The molecule has 0 aromatic heterocycles. The molecule has 152 valence electrons. The summed E-state index contributed by atoms with van der Waals surface area (Å²) in [7, 11) is 1.59. The van der Waals surface area contributed by atoms with Crippen LogP contribution in [-0.2, 0) is 4.79 Å². The van der Waals surface area contributed by atoms with E-state index in [1.54, 1.807) is 37.5 Å². The van der Waals surface area contributed by atoms with E-state index in [1.807, 2.05) is 62.4 Å². The highest BCUT2D eigenvalue weighted by atomic mass is 16.5. The Kier molecular flexibility index (Phi) is 6.65. The first-order valence-corrected chi connectivity index (χ1v) is 9.57. The van der Waals surface area contributed by atoms with Crippen LogP contribution in [0.5, 0.6) is 5.75 Å². The minimum Gasteiger partial charge on any atom is -0.497 e. The number of carbonyl (C=O) groups excluding carboxylic acids is 2. The van der Waals surface area contributed by atoms with Crippen LogP contribution in [0.2, 0.25) is 0 Å². The molecule has 30 heavy (non-hydrogen) atoms. The van der Waals surface area contributed by atoms with Crippen LogP contribution in [0.25, 0.3) is 6.08 Å². The maximum Gasteiger partial charge on any atom is 0.272 e. The number of nitrogens with one attached hydrogen (secondary N) is 2. The first kappa shape index (κ1) is 20.9. The van der Waals surface area contributed by atoms with Gasteiger partial charge in [-0.25, -0.2) is 0 Å². The van der Waals surface area contributed by atoms with E-state index in [0.717, 1.165) is 16.7 Å². The van der Waals surface area contributed by atoms with Crippen molar-refractivity contribution in [1.29, 1.82) is 0 Å². The summed E-state index contributed by atoms with van der Waals surface area (Å²) < 4.78 is 5.18. The number of anilines is 1.